The number of nitrogens with zero attached hydrogens (tertiary/aromatic N) is 3. The number of hydrogen-bond donors (Lipinski definition) is 0. The second-order valence-corrected chi connectivity index (χ2v) is 5.48. The van der Waals surface area contributed by atoms with Crippen LogP contribution in [0.5, 0.6) is 0 Å². The van der Waals surface area contributed by atoms with Gasteiger partial charge in [0.1, 0.15) is 0 Å². The molecule has 0 saturated carbocycles. The van der Waals surface area contributed by atoms with Gasteiger partial charge in [-0.15, -0.1) is 0 Å². The van der Waals surface area contributed by atoms with Crippen molar-refractivity contribution in [1.82, 2.24) is 14.9 Å². The quantitative estimate of drug-likeness (QED) is 0.519. The summed E-state index contributed by atoms with van der Waals surface area (Å²) in [7, 11) is 2.12. The molecule has 22 heavy (non-hydrogen) atoms. The molecule has 3 rings (SSSR count). The Morgan fingerprint density at radius 2 is 1.68 bits per heavy atom. The third-order valence-electron chi connectivity index (χ3n) is 3.53. The van der Waals surface area contributed by atoms with Crippen LogP contribution in [0.4, 0.5) is 0 Å². The Morgan fingerprint density at radius 1 is 1.05 bits per heavy atom. The van der Waals surface area contributed by atoms with Gasteiger partial charge >= 0.3 is 0 Å². The van der Waals surface area contributed by atoms with E-state index in [1.54, 1.807) is 0 Å². The summed E-state index contributed by atoms with van der Waals surface area (Å²) >= 11 is 8.04. The summed E-state index contributed by atoms with van der Waals surface area (Å²) in [6, 6.07) is 7.72. The van der Waals surface area contributed by atoms with Crippen LogP contribution in [0.1, 0.15) is 12.2 Å². The molecule has 1 aromatic heterocycles. The van der Waals surface area contributed by atoms with Gasteiger partial charge in [0, 0.05) is 36.1 Å². The van der Waals surface area contributed by atoms with Crippen molar-refractivity contribution in [2.75, 3.05) is 25.1 Å². The summed E-state index contributed by atoms with van der Waals surface area (Å²) in [5, 5.41) is 0.739. The highest BCUT2D eigenvalue weighted by molar-refractivity contribution is 14.1. The fourth-order valence-electron chi connectivity index (χ4n) is 2.26. The molecule has 3 nitrogen and oxygen atoms in total. The number of aromatic nitrogens is 2. The minimum absolute atomic E-state index is 0.739. The van der Waals surface area contributed by atoms with Gasteiger partial charge in [0.25, 0.3) is 0 Å². The monoisotopic (exact) mass is 427 g/mol. The van der Waals surface area contributed by atoms with Crippen LogP contribution in [0.2, 0.25) is 5.02 Å². The predicted molar refractivity (Wildman–Crippen MR) is 103 cm³/mol. The lowest BCUT2D eigenvalue weighted by Gasteiger charge is -2.21. The van der Waals surface area contributed by atoms with E-state index in [0.717, 1.165) is 41.5 Å². The summed E-state index contributed by atoms with van der Waals surface area (Å²) in [5.74, 6) is 0.843. The zero-order valence-electron chi connectivity index (χ0n) is 12.8. The van der Waals surface area contributed by atoms with E-state index in [4.69, 9.17) is 11.6 Å². The van der Waals surface area contributed by atoms with E-state index >= 15 is 0 Å². The van der Waals surface area contributed by atoms with Crippen LogP contribution in [0.3, 0.4) is 0 Å². The average Bonchev–Trinajstić information content (AvgIpc) is 2.58. The van der Waals surface area contributed by atoms with Crippen molar-refractivity contribution in [3.63, 3.8) is 0 Å². The van der Waals surface area contributed by atoms with Crippen molar-refractivity contribution < 1.29 is 0 Å². The van der Waals surface area contributed by atoms with Crippen molar-refractivity contribution in [3.05, 3.63) is 53.6 Å². The summed E-state index contributed by atoms with van der Waals surface area (Å²) in [4.78, 5) is 13.2. The summed E-state index contributed by atoms with van der Waals surface area (Å²) in [5.41, 5.74) is 3.34. The van der Waals surface area contributed by atoms with E-state index in [1.165, 1.54) is 5.57 Å². The Kier molecular flexibility index (Phi) is 6.79. The largest absolute Gasteiger partial charge is 0.302 e. The molecule has 1 aromatic carbocycles. The van der Waals surface area contributed by atoms with Gasteiger partial charge < -0.3 is 4.90 Å². The van der Waals surface area contributed by atoms with Crippen molar-refractivity contribution in [1.29, 1.82) is 0 Å². The SMILES string of the molecule is CI.CN1CC=C(c2ncc(-c3ccc(Cl)cc3)cn2)CC1. The molecule has 1 aliphatic heterocycles. The standard InChI is InChI=1S/C16H16ClN3.CH3I/c1-20-8-6-13(7-9-20)16-18-10-14(11-19-16)12-2-4-15(17)5-3-12;1-2/h2-6,10-11H,7-9H2,1H3;1H3. The van der Waals surface area contributed by atoms with E-state index in [2.05, 4.69) is 50.6 Å². The Bertz CT molecular complexity index is 623. The van der Waals surface area contributed by atoms with Gasteiger partial charge in [0.2, 0.25) is 0 Å². The molecule has 116 valence electrons. The molecule has 0 saturated heterocycles. The van der Waals surface area contributed by atoms with Crippen molar-refractivity contribution in [2.24, 2.45) is 0 Å². The smallest absolute Gasteiger partial charge is 0.154 e. The lowest BCUT2D eigenvalue weighted by atomic mass is 10.1. The highest BCUT2D eigenvalue weighted by atomic mass is 127. The maximum atomic E-state index is 5.89. The molecule has 0 atom stereocenters. The van der Waals surface area contributed by atoms with Crippen LogP contribution in [-0.4, -0.2) is 39.9 Å². The van der Waals surface area contributed by atoms with Crippen LogP contribution in [0, 0.1) is 0 Å². The average molecular weight is 428 g/mol. The zero-order valence-corrected chi connectivity index (χ0v) is 15.7. The number of likely N-dealkylation sites (N-methyl/N-ethyl adjacent to an activating group) is 1. The third kappa shape index (κ3) is 4.51. The lowest BCUT2D eigenvalue weighted by Crippen LogP contribution is -2.24. The van der Waals surface area contributed by atoms with Gasteiger partial charge in [0.05, 0.1) is 0 Å². The first-order valence-electron chi connectivity index (χ1n) is 7.06. The van der Waals surface area contributed by atoms with Gasteiger partial charge in [-0.3, -0.25) is 0 Å². The minimum atomic E-state index is 0.739. The van der Waals surface area contributed by atoms with Gasteiger partial charge in [0.15, 0.2) is 5.82 Å². The highest BCUT2D eigenvalue weighted by Crippen LogP contribution is 2.22. The predicted octanol–water partition coefficient (Wildman–Crippen LogP) is 4.57. The van der Waals surface area contributed by atoms with Crippen molar-refractivity contribution in [3.8, 4) is 11.1 Å². The second kappa shape index (κ2) is 8.60. The van der Waals surface area contributed by atoms with Crippen molar-refractivity contribution in [2.45, 2.75) is 6.42 Å². The van der Waals surface area contributed by atoms with E-state index < -0.39 is 0 Å². The first-order valence-corrected chi connectivity index (χ1v) is 9.59. The highest BCUT2D eigenvalue weighted by Gasteiger charge is 2.11. The van der Waals surface area contributed by atoms with Crippen LogP contribution in [-0.2, 0) is 0 Å². The van der Waals surface area contributed by atoms with E-state index in [-0.39, 0.29) is 0 Å². The summed E-state index contributed by atoms with van der Waals surface area (Å²) in [6.45, 7) is 2.03. The van der Waals surface area contributed by atoms with Crippen LogP contribution in [0.15, 0.2) is 42.7 Å². The first-order chi connectivity index (χ1) is 10.7. The van der Waals surface area contributed by atoms with Gasteiger partial charge in [-0.2, -0.15) is 0 Å². The van der Waals surface area contributed by atoms with Crippen LogP contribution < -0.4 is 0 Å². The minimum Gasteiger partial charge on any atom is -0.302 e. The van der Waals surface area contributed by atoms with Gasteiger partial charge in [-0.25, -0.2) is 9.97 Å². The van der Waals surface area contributed by atoms with Crippen molar-refractivity contribution >= 4 is 39.8 Å². The Morgan fingerprint density at radius 3 is 2.23 bits per heavy atom. The Hall–Kier alpha value is -0.980. The fourth-order valence-corrected chi connectivity index (χ4v) is 2.39. The number of hydrogen-bond acceptors (Lipinski definition) is 3. The molecule has 0 bridgehead atoms. The number of rotatable bonds is 2. The molecule has 2 aromatic rings. The molecule has 5 heteroatoms. The van der Waals surface area contributed by atoms with Crippen LogP contribution >= 0.6 is 34.2 Å². The summed E-state index contributed by atoms with van der Waals surface area (Å²) < 4.78 is 0. The van der Waals surface area contributed by atoms with E-state index in [1.807, 2.05) is 41.6 Å². The fraction of sp³-hybridized carbons (Fsp3) is 0.294. The number of benzene rings is 1. The topological polar surface area (TPSA) is 29.0 Å². The van der Waals surface area contributed by atoms with Gasteiger partial charge in [-0.1, -0.05) is 52.4 Å². The third-order valence-corrected chi connectivity index (χ3v) is 3.78. The zero-order chi connectivity index (χ0) is 15.9. The molecule has 0 N–H and O–H groups in total. The molecular formula is C17H19ClIN3. The second-order valence-electron chi connectivity index (χ2n) is 5.04. The Labute approximate surface area is 150 Å². The maximum absolute atomic E-state index is 5.89. The van der Waals surface area contributed by atoms with Crippen LogP contribution in [0.25, 0.3) is 16.7 Å². The molecule has 0 aliphatic carbocycles. The Balaban J connectivity index is 0.000000847. The molecule has 0 spiro atoms. The molecule has 0 fully saturated rings. The van der Waals surface area contributed by atoms with E-state index in [9.17, 15) is 0 Å². The summed E-state index contributed by atoms with van der Waals surface area (Å²) in [6.07, 6.45) is 6.98. The lowest BCUT2D eigenvalue weighted by molar-refractivity contribution is 0.369. The molecule has 1 aliphatic rings. The van der Waals surface area contributed by atoms with E-state index in [0.29, 0.717) is 0 Å². The molecule has 2 heterocycles. The maximum Gasteiger partial charge on any atom is 0.154 e. The molecule has 0 unspecified atom stereocenters. The molecular weight excluding hydrogens is 409 g/mol. The number of alkyl halides is 1. The normalized spacial score (nSPS) is 14.8. The molecule has 0 amide bonds. The first kappa shape index (κ1) is 17.4. The number of halogens is 2. The van der Waals surface area contributed by atoms with Gasteiger partial charge in [-0.05, 0) is 41.7 Å². The molecule has 0 radical (unpaired) electrons.